The molecule has 5 N–H and O–H groups in total. The van der Waals surface area contributed by atoms with Crippen LogP contribution < -0.4 is 16.2 Å². The summed E-state index contributed by atoms with van der Waals surface area (Å²) in [6.45, 7) is 4.26. The fourth-order valence-electron chi connectivity index (χ4n) is 1.28. The minimum atomic E-state index is -0.622. The Morgan fingerprint density at radius 1 is 1.33 bits per heavy atom. The summed E-state index contributed by atoms with van der Waals surface area (Å²) in [7, 11) is 0. The van der Waals surface area contributed by atoms with Gasteiger partial charge in [-0.1, -0.05) is 0 Å². The zero-order chi connectivity index (χ0) is 11.4. The van der Waals surface area contributed by atoms with Crippen LogP contribution in [0.15, 0.2) is 12.1 Å². The standard InChI is InChI=1S/C11H18N2O2/c1-7-3-10(4-8(2)11(7)13)15-6-9(14)5-12/h3-4,9,14H,5-6,12-13H2,1-2H3. The third kappa shape index (κ3) is 3.11. The van der Waals surface area contributed by atoms with E-state index in [0.29, 0.717) is 5.75 Å². The molecule has 1 rings (SSSR count). The Morgan fingerprint density at radius 2 is 1.87 bits per heavy atom. The van der Waals surface area contributed by atoms with Gasteiger partial charge in [-0.05, 0) is 37.1 Å². The van der Waals surface area contributed by atoms with Crippen molar-refractivity contribution in [3.63, 3.8) is 0 Å². The van der Waals surface area contributed by atoms with E-state index in [9.17, 15) is 5.11 Å². The minimum absolute atomic E-state index is 0.201. The summed E-state index contributed by atoms with van der Waals surface area (Å²) in [6.07, 6.45) is -0.622. The lowest BCUT2D eigenvalue weighted by Crippen LogP contribution is -2.26. The highest BCUT2D eigenvalue weighted by Crippen LogP contribution is 2.23. The molecule has 4 nitrogen and oxygen atoms in total. The van der Waals surface area contributed by atoms with Crippen LogP contribution in [0, 0.1) is 13.8 Å². The average Bonchev–Trinajstić information content (AvgIpc) is 2.22. The van der Waals surface area contributed by atoms with Crippen molar-refractivity contribution in [2.75, 3.05) is 18.9 Å². The molecule has 1 atom stereocenters. The number of rotatable bonds is 4. The van der Waals surface area contributed by atoms with E-state index in [1.54, 1.807) is 0 Å². The van der Waals surface area contributed by atoms with Gasteiger partial charge in [0.15, 0.2) is 0 Å². The van der Waals surface area contributed by atoms with Gasteiger partial charge in [-0.15, -0.1) is 0 Å². The van der Waals surface area contributed by atoms with Crippen LogP contribution in [0.25, 0.3) is 0 Å². The van der Waals surface area contributed by atoms with Gasteiger partial charge in [0.2, 0.25) is 0 Å². The summed E-state index contributed by atoms with van der Waals surface area (Å²) < 4.78 is 5.39. The maximum atomic E-state index is 9.24. The summed E-state index contributed by atoms with van der Waals surface area (Å²) in [5.41, 5.74) is 13.8. The highest BCUT2D eigenvalue weighted by Gasteiger charge is 2.05. The smallest absolute Gasteiger partial charge is 0.120 e. The molecule has 0 fully saturated rings. The van der Waals surface area contributed by atoms with E-state index >= 15 is 0 Å². The summed E-state index contributed by atoms with van der Waals surface area (Å²) in [6, 6.07) is 3.71. The maximum Gasteiger partial charge on any atom is 0.120 e. The number of aliphatic hydroxyl groups is 1. The van der Waals surface area contributed by atoms with Gasteiger partial charge in [0, 0.05) is 12.2 Å². The lowest BCUT2D eigenvalue weighted by atomic mass is 10.1. The maximum absolute atomic E-state index is 9.24. The molecule has 1 unspecified atom stereocenters. The van der Waals surface area contributed by atoms with E-state index in [2.05, 4.69) is 0 Å². The lowest BCUT2D eigenvalue weighted by Gasteiger charge is -2.12. The first-order chi connectivity index (χ1) is 7.04. The number of hydrogen-bond donors (Lipinski definition) is 3. The Kier molecular flexibility index (Phi) is 3.94. The molecular formula is C11H18N2O2. The van der Waals surface area contributed by atoms with Crippen molar-refractivity contribution < 1.29 is 9.84 Å². The van der Waals surface area contributed by atoms with Gasteiger partial charge in [0.25, 0.3) is 0 Å². The Morgan fingerprint density at radius 3 is 2.33 bits per heavy atom. The SMILES string of the molecule is Cc1cc(OCC(O)CN)cc(C)c1N. The average molecular weight is 210 g/mol. The quantitative estimate of drug-likeness (QED) is 0.635. The number of aliphatic hydroxyl groups excluding tert-OH is 1. The zero-order valence-electron chi connectivity index (χ0n) is 9.16. The number of anilines is 1. The normalized spacial score (nSPS) is 12.5. The fourth-order valence-corrected chi connectivity index (χ4v) is 1.28. The number of aryl methyl sites for hydroxylation is 2. The summed E-state index contributed by atoms with van der Waals surface area (Å²) in [4.78, 5) is 0. The van der Waals surface area contributed by atoms with Crippen molar-refractivity contribution in [3.8, 4) is 5.75 Å². The molecule has 0 saturated carbocycles. The number of nitrogen functional groups attached to an aromatic ring is 1. The van der Waals surface area contributed by atoms with Crippen molar-refractivity contribution in [1.29, 1.82) is 0 Å². The number of nitrogens with two attached hydrogens (primary N) is 2. The highest BCUT2D eigenvalue weighted by atomic mass is 16.5. The minimum Gasteiger partial charge on any atom is -0.491 e. The fraction of sp³-hybridized carbons (Fsp3) is 0.455. The Hall–Kier alpha value is -1.26. The van der Waals surface area contributed by atoms with E-state index < -0.39 is 6.10 Å². The van der Waals surface area contributed by atoms with Gasteiger partial charge in [-0.2, -0.15) is 0 Å². The van der Waals surface area contributed by atoms with Gasteiger partial charge in [-0.25, -0.2) is 0 Å². The van der Waals surface area contributed by atoms with Crippen molar-refractivity contribution in [1.82, 2.24) is 0 Å². The number of benzene rings is 1. The Balaban J connectivity index is 2.70. The molecular weight excluding hydrogens is 192 g/mol. The molecule has 0 saturated heterocycles. The van der Waals surface area contributed by atoms with Crippen LogP contribution in [0.5, 0.6) is 5.75 Å². The topological polar surface area (TPSA) is 81.5 Å². The Bertz CT molecular complexity index is 316. The summed E-state index contributed by atoms with van der Waals surface area (Å²) in [5, 5.41) is 9.24. The molecule has 0 spiro atoms. The second-order valence-corrected chi connectivity index (χ2v) is 3.67. The molecule has 4 heteroatoms. The van der Waals surface area contributed by atoms with Crippen LogP contribution >= 0.6 is 0 Å². The summed E-state index contributed by atoms with van der Waals surface area (Å²) in [5.74, 6) is 0.715. The molecule has 84 valence electrons. The molecule has 0 aliphatic rings. The molecule has 0 aromatic heterocycles. The molecule has 1 aromatic carbocycles. The van der Waals surface area contributed by atoms with Gasteiger partial charge in [0.1, 0.15) is 18.5 Å². The van der Waals surface area contributed by atoms with Gasteiger partial charge >= 0.3 is 0 Å². The van der Waals surface area contributed by atoms with E-state index in [4.69, 9.17) is 16.2 Å². The van der Waals surface area contributed by atoms with E-state index in [1.807, 2.05) is 26.0 Å². The van der Waals surface area contributed by atoms with Crippen LogP contribution in [0.3, 0.4) is 0 Å². The first kappa shape index (κ1) is 11.8. The molecule has 0 bridgehead atoms. The number of hydrogen-bond acceptors (Lipinski definition) is 4. The van der Waals surface area contributed by atoms with Crippen molar-refractivity contribution in [2.24, 2.45) is 5.73 Å². The molecule has 0 amide bonds. The van der Waals surface area contributed by atoms with Crippen molar-refractivity contribution in [3.05, 3.63) is 23.3 Å². The summed E-state index contributed by atoms with van der Waals surface area (Å²) >= 11 is 0. The predicted octanol–water partition coefficient (Wildman–Crippen LogP) is 0.584. The monoisotopic (exact) mass is 210 g/mol. The molecule has 0 aliphatic carbocycles. The van der Waals surface area contributed by atoms with Crippen LogP contribution in [-0.4, -0.2) is 24.4 Å². The van der Waals surface area contributed by atoms with Gasteiger partial charge in [0.05, 0.1) is 0 Å². The second kappa shape index (κ2) is 5.00. The molecule has 0 radical (unpaired) electrons. The van der Waals surface area contributed by atoms with Crippen molar-refractivity contribution >= 4 is 5.69 Å². The third-order valence-electron chi connectivity index (χ3n) is 2.28. The highest BCUT2D eigenvalue weighted by molar-refractivity contribution is 5.56. The van der Waals surface area contributed by atoms with E-state index in [1.165, 1.54) is 0 Å². The first-order valence-corrected chi connectivity index (χ1v) is 4.92. The molecule has 1 aromatic rings. The zero-order valence-corrected chi connectivity index (χ0v) is 9.16. The van der Waals surface area contributed by atoms with Crippen LogP contribution in [0.4, 0.5) is 5.69 Å². The predicted molar refractivity (Wildman–Crippen MR) is 60.9 cm³/mol. The van der Waals surface area contributed by atoms with Crippen LogP contribution in [-0.2, 0) is 0 Å². The molecule has 0 aliphatic heterocycles. The van der Waals surface area contributed by atoms with Gasteiger partial charge < -0.3 is 21.3 Å². The number of ether oxygens (including phenoxy) is 1. The molecule has 15 heavy (non-hydrogen) atoms. The second-order valence-electron chi connectivity index (χ2n) is 3.67. The van der Waals surface area contributed by atoms with E-state index in [0.717, 1.165) is 16.8 Å². The lowest BCUT2D eigenvalue weighted by molar-refractivity contribution is 0.114. The first-order valence-electron chi connectivity index (χ1n) is 4.92. The van der Waals surface area contributed by atoms with E-state index in [-0.39, 0.29) is 13.2 Å². The molecule has 0 heterocycles. The third-order valence-corrected chi connectivity index (χ3v) is 2.28. The van der Waals surface area contributed by atoms with Crippen molar-refractivity contribution in [2.45, 2.75) is 20.0 Å². The van der Waals surface area contributed by atoms with Crippen LogP contribution in [0.2, 0.25) is 0 Å². The van der Waals surface area contributed by atoms with Gasteiger partial charge in [-0.3, -0.25) is 0 Å². The Labute approximate surface area is 89.8 Å². The largest absolute Gasteiger partial charge is 0.491 e. The van der Waals surface area contributed by atoms with Crippen LogP contribution in [0.1, 0.15) is 11.1 Å².